The Kier molecular flexibility index (Phi) is 4.45. The van der Waals surface area contributed by atoms with Crippen molar-refractivity contribution >= 4 is 21.6 Å². The van der Waals surface area contributed by atoms with Crippen molar-refractivity contribution in [3.8, 4) is 5.75 Å². The lowest BCUT2D eigenvalue weighted by Gasteiger charge is -2.11. The van der Waals surface area contributed by atoms with Crippen LogP contribution in [0.4, 0.5) is 8.78 Å². The van der Waals surface area contributed by atoms with Gasteiger partial charge in [0.2, 0.25) is 10.0 Å². The van der Waals surface area contributed by atoms with Gasteiger partial charge in [-0.15, -0.1) is 0 Å². The van der Waals surface area contributed by atoms with Crippen LogP contribution in [-0.4, -0.2) is 18.0 Å². The third kappa shape index (κ3) is 3.69. The molecule has 0 aliphatic heterocycles. The smallest absolute Gasteiger partial charge is 0.320 e. The Morgan fingerprint density at radius 2 is 2.14 bits per heavy atom. The summed E-state index contributed by atoms with van der Waals surface area (Å²) in [6, 6.07) is 3.80. The summed E-state index contributed by atoms with van der Waals surface area (Å²) < 4.78 is 54.0. The van der Waals surface area contributed by atoms with Crippen LogP contribution >= 0.6 is 11.6 Å². The summed E-state index contributed by atoms with van der Waals surface area (Å²) in [5.74, 6) is -0.147. The first kappa shape index (κ1) is 15.7. The Hall–Kier alpha value is -1.71. The van der Waals surface area contributed by atoms with E-state index in [1.165, 1.54) is 18.3 Å². The van der Waals surface area contributed by atoms with E-state index in [4.69, 9.17) is 21.5 Å². The molecule has 2 N–H and O–H groups in total. The molecule has 1 aromatic carbocycles. The Morgan fingerprint density at radius 3 is 2.76 bits per heavy atom. The van der Waals surface area contributed by atoms with Gasteiger partial charge in [0.05, 0.1) is 0 Å². The lowest BCUT2D eigenvalue weighted by molar-refractivity contribution is 0.0631. The van der Waals surface area contributed by atoms with Gasteiger partial charge >= 0.3 is 6.55 Å². The van der Waals surface area contributed by atoms with Crippen molar-refractivity contribution < 1.29 is 21.9 Å². The van der Waals surface area contributed by atoms with E-state index in [9.17, 15) is 17.2 Å². The van der Waals surface area contributed by atoms with Crippen LogP contribution in [0.5, 0.6) is 5.75 Å². The lowest BCUT2D eigenvalue weighted by Crippen LogP contribution is -2.14. The molecule has 2 aromatic rings. The molecule has 0 atom stereocenters. The van der Waals surface area contributed by atoms with Gasteiger partial charge in [-0.25, -0.2) is 18.5 Å². The average Bonchev–Trinajstić information content (AvgIpc) is 2.84. The van der Waals surface area contributed by atoms with Gasteiger partial charge in [-0.1, -0.05) is 11.6 Å². The highest BCUT2D eigenvalue weighted by Crippen LogP contribution is 2.27. The van der Waals surface area contributed by atoms with Crippen LogP contribution < -0.4 is 9.88 Å². The van der Waals surface area contributed by atoms with E-state index >= 15 is 0 Å². The molecule has 114 valence electrons. The number of halogens is 3. The number of sulfonamides is 1. The first-order valence-corrected chi connectivity index (χ1v) is 7.46. The Balaban J connectivity index is 2.27. The van der Waals surface area contributed by atoms with Gasteiger partial charge in [0.15, 0.2) is 5.82 Å². The number of ether oxygens (including phenoxy) is 1. The van der Waals surface area contributed by atoms with E-state index < -0.39 is 16.6 Å². The topological polar surface area (TPSA) is 87.2 Å². The number of primary sulfonamides is 1. The predicted molar refractivity (Wildman–Crippen MR) is 70.6 cm³/mol. The average molecular weight is 338 g/mol. The summed E-state index contributed by atoms with van der Waals surface area (Å²) in [6.07, 6.45) is 2.28. The van der Waals surface area contributed by atoms with Crippen LogP contribution in [0.25, 0.3) is 0 Å². The number of rotatable bonds is 5. The summed E-state index contributed by atoms with van der Waals surface area (Å²) in [4.78, 5) is 3.38. The molecule has 0 fully saturated rings. The summed E-state index contributed by atoms with van der Waals surface area (Å²) in [7, 11) is -4.06. The quantitative estimate of drug-likeness (QED) is 0.905. The molecule has 0 spiro atoms. The number of nitrogens with two attached hydrogens (primary N) is 1. The van der Waals surface area contributed by atoms with Gasteiger partial charge in [-0.2, -0.15) is 8.78 Å². The van der Waals surface area contributed by atoms with Crippen molar-refractivity contribution in [2.75, 3.05) is 0 Å². The van der Waals surface area contributed by atoms with Crippen molar-refractivity contribution in [1.82, 2.24) is 9.55 Å². The van der Waals surface area contributed by atoms with E-state index in [1.54, 1.807) is 0 Å². The second-order valence-electron chi connectivity index (χ2n) is 3.95. The number of aromatic nitrogens is 2. The van der Waals surface area contributed by atoms with Crippen molar-refractivity contribution in [2.24, 2.45) is 5.14 Å². The molecule has 10 heteroatoms. The fraction of sp³-hybridized carbons (Fsp3) is 0.182. The van der Waals surface area contributed by atoms with E-state index in [0.29, 0.717) is 4.57 Å². The highest BCUT2D eigenvalue weighted by atomic mass is 35.5. The van der Waals surface area contributed by atoms with Crippen molar-refractivity contribution in [3.63, 3.8) is 0 Å². The fourth-order valence-electron chi connectivity index (χ4n) is 1.60. The Bertz CT molecular complexity index is 749. The highest BCUT2D eigenvalue weighted by Gasteiger charge is 2.17. The molecule has 0 unspecified atom stereocenters. The van der Waals surface area contributed by atoms with Crippen LogP contribution in [0.3, 0.4) is 0 Å². The van der Waals surface area contributed by atoms with Gasteiger partial charge in [0.25, 0.3) is 0 Å². The van der Waals surface area contributed by atoms with Crippen molar-refractivity contribution in [3.05, 3.63) is 41.4 Å². The molecular weight excluding hydrogens is 328 g/mol. The first-order valence-electron chi connectivity index (χ1n) is 5.54. The Morgan fingerprint density at radius 1 is 1.43 bits per heavy atom. The summed E-state index contributed by atoms with van der Waals surface area (Å²) >= 11 is 5.70. The number of imidazole rings is 1. The zero-order valence-corrected chi connectivity index (χ0v) is 12.0. The molecule has 0 amide bonds. The molecule has 0 aliphatic carbocycles. The molecule has 2 rings (SSSR count). The number of hydrogen-bond acceptors (Lipinski definition) is 4. The SMILES string of the molecule is NS(=O)(=O)c1cc(Cl)ccc1OCc1nccn1C(F)F. The lowest BCUT2D eigenvalue weighted by atomic mass is 10.3. The van der Waals surface area contributed by atoms with E-state index in [2.05, 4.69) is 4.98 Å². The summed E-state index contributed by atoms with van der Waals surface area (Å²) in [6.45, 7) is -3.12. The Labute approximate surface area is 124 Å². The van der Waals surface area contributed by atoms with E-state index in [0.717, 1.165) is 12.3 Å². The molecule has 0 bridgehead atoms. The van der Waals surface area contributed by atoms with E-state index in [-0.39, 0.29) is 28.1 Å². The number of nitrogens with zero attached hydrogens (tertiary/aromatic N) is 2. The molecular formula is C11H10ClF2N3O3S. The highest BCUT2D eigenvalue weighted by molar-refractivity contribution is 7.89. The van der Waals surface area contributed by atoms with Gasteiger partial charge in [0.1, 0.15) is 17.3 Å². The van der Waals surface area contributed by atoms with E-state index in [1.807, 2.05) is 0 Å². The summed E-state index contributed by atoms with van der Waals surface area (Å²) in [5.41, 5.74) is 0. The molecule has 0 saturated carbocycles. The summed E-state index contributed by atoms with van der Waals surface area (Å²) in [5, 5.41) is 5.20. The minimum Gasteiger partial charge on any atom is -0.484 e. The third-order valence-corrected chi connectivity index (χ3v) is 3.70. The second-order valence-corrected chi connectivity index (χ2v) is 5.92. The number of hydrogen-bond donors (Lipinski definition) is 1. The maximum absolute atomic E-state index is 12.6. The zero-order chi connectivity index (χ0) is 15.6. The molecule has 21 heavy (non-hydrogen) atoms. The largest absolute Gasteiger partial charge is 0.484 e. The minimum absolute atomic E-state index is 0.0553. The van der Waals surface area contributed by atoms with Crippen LogP contribution in [0.2, 0.25) is 5.02 Å². The van der Waals surface area contributed by atoms with Crippen LogP contribution in [0.1, 0.15) is 12.4 Å². The maximum Gasteiger partial charge on any atom is 0.320 e. The van der Waals surface area contributed by atoms with Gasteiger partial charge in [-0.05, 0) is 18.2 Å². The van der Waals surface area contributed by atoms with Crippen molar-refractivity contribution in [1.29, 1.82) is 0 Å². The maximum atomic E-state index is 12.6. The minimum atomic E-state index is -4.06. The second kappa shape index (κ2) is 5.96. The fourth-order valence-corrected chi connectivity index (χ4v) is 2.53. The predicted octanol–water partition coefficient (Wildman–Crippen LogP) is 2.16. The van der Waals surface area contributed by atoms with Gasteiger partial charge in [-0.3, -0.25) is 4.57 Å². The first-order chi connectivity index (χ1) is 9.79. The standard InChI is InChI=1S/C11H10ClF2N3O3S/c12-7-1-2-8(9(5-7)21(15,18)19)20-6-10-16-3-4-17(10)11(13)14/h1-5,11H,6H2,(H2,15,18,19). The molecule has 1 aromatic heterocycles. The molecule has 1 heterocycles. The number of benzene rings is 1. The molecule has 0 saturated heterocycles. The van der Waals surface area contributed by atoms with Crippen LogP contribution in [-0.2, 0) is 16.6 Å². The molecule has 6 nitrogen and oxygen atoms in total. The van der Waals surface area contributed by atoms with Crippen molar-refractivity contribution in [2.45, 2.75) is 18.1 Å². The third-order valence-electron chi connectivity index (χ3n) is 2.53. The molecule has 0 aliphatic rings. The molecule has 0 radical (unpaired) electrons. The number of alkyl halides is 2. The normalized spacial score (nSPS) is 11.9. The van der Waals surface area contributed by atoms with Crippen LogP contribution in [0.15, 0.2) is 35.5 Å². The zero-order valence-electron chi connectivity index (χ0n) is 10.4. The van der Waals surface area contributed by atoms with Crippen LogP contribution in [0, 0.1) is 0 Å². The monoisotopic (exact) mass is 337 g/mol. The van der Waals surface area contributed by atoms with Gasteiger partial charge < -0.3 is 4.74 Å². The van der Waals surface area contributed by atoms with Gasteiger partial charge in [0, 0.05) is 17.4 Å².